The summed E-state index contributed by atoms with van der Waals surface area (Å²) in [5.74, 6) is 0.812. The normalized spacial score (nSPS) is 11.2. The standard InChI is InChI=1S/C17H26N4/c1-14(2)6-4-5-7-15-8-10-17(11-9-15)21-13-16(12-18-3)19-20-21/h8-11,13-14,18H,4-7,12H2,1-3H3. The van der Waals surface area contributed by atoms with Crippen molar-refractivity contribution in [3.63, 3.8) is 0 Å². The number of benzene rings is 1. The molecule has 1 aromatic carbocycles. The maximum absolute atomic E-state index is 4.16. The SMILES string of the molecule is CNCc1cn(-c2ccc(CCCCC(C)C)cc2)nn1. The Morgan fingerprint density at radius 2 is 1.90 bits per heavy atom. The molecule has 1 aromatic heterocycles. The van der Waals surface area contributed by atoms with Gasteiger partial charge in [-0.15, -0.1) is 5.10 Å². The molecule has 0 atom stereocenters. The smallest absolute Gasteiger partial charge is 0.0969 e. The van der Waals surface area contributed by atoms with Gasteiger partial charge >= 0.3 is 0 Å². The van der Waals surface area contributed by atoms with E-state index in [1.165, 1.54) is 24.8 Å². The molecular formula is C17H26N4. The zero-order valence-corrected chi connectivity index (χ0v) is 13.3. The molecule has 0 aliphatic carbocycles. The van der Waals surface area contributed by atoms with Crippen LogP contribution in [0.4, 0.5) is 0 Å². The average Bonchev–Trinajstić information content (AvgIpc) is 2.93. The summed E-state index contributed by atoms with van der Waals surface area (Å²) in [6.45, 7) is 5.32. The molecule has 4 heteroatoms. The van der Waals surface area contributed by atoms with Crippen LogP contribution in [-0.2, 0) is 13.0 Å². The molecule has 1 heterocycles. The molecule has 0 amide bonds. The van der Waals surface area contributed by atoms with Crippen LogP contribution in [0.1, 0.15) is 44.4 Å². The molecule has 0 bridgehead atoms. The molecule has 1 N–H and O–H groups in total. The van der Waals surface area contributed by atoms with Crippen molar-refractivity contribution in [2.24, 2.45) is 5.92 Å². The lowest BCUT2D eigenvalue weighted by Crippen LogP contribution is -2.04. The van der Waals surface area contributed by atoms with Crippen molar-refractivity contribution in [3.8, 4) is 5.69 Å². The molecule has 2 rings (SSSR count). The number of hydrogen-bond donors (Lipinski definition) is 1. The monoisotopic (exact) mass is 286 g/mol. The van der Waals surface area contributed by atoms with Gasteiger partial charge in [0.2, 0.25) is 0 Å². The van der Waals surface area contributed by atoms with E-state index >= 15 is 0 Å². The molecule has 4 nitrogen and oxygen atoms in total. The number of hydrogen-bond acceptors (Lipinski definition) is 3. The fourth-order valence-corrected chi connectivity index (χ4v) is 2.38. The number of unbranched alkanes of at least 4 members (excludes halogenated alkanes) is 1. The van der Waals surface area contributed by atoms with Crippen LogP contribution in [-0.4, -0.2) is 22.0 Å². The Balaban J connectivity index is 1.88. The van der Waals surface area contributed by atoms with E-state index in [2.05, 4.69) is 53.7 Å². The first kappa shape index (κ1) is 15.7. The van der Waals surface area contributed by atoms with Crippen molar-refractivity contribution in [3.05, 3.63) is 41.7 Å². The van der Waals surface area contributed by atoms with Crippen molar-refractivity contribution in [2.45, 2.75) is 46.1 Å². The van der Waals surface area contributed by atoms with Gasteiger partial charge in [-0.2, -0.15) is 0 Å². The van der Waals surface area contributed by atoms with Gasteiger partial charge in [0.1, 0.15) is 0 Å². The quantitative estimate of drug-likeness (QED) is 0.757. The molecule has 0 saturated carbocycles. The number of nitrogens with one attached hydrogen (secondary N) is 1. The Labute approximate surface area is 127 Å². The Morgan fingerprint density at radius 3 is 2.57 bits per heavy atom. The van der Waals surface area contributed by atoms with E-state index in [4.69, 9.17) is 0 Å². The van der Waals surface area contributed by atoms with Gasteiger partial charge in [-0.05, 0) is 43.5 Å². The number of nitrogens with zero attached hydrogens (tertiary/aromatic N) is 3. The maximum atomic E-state index is 4.16. The fraction of sp³-hybridized carbons (Fsp3) is 0.529. The molecule has 0 fully saturated rings. The second-order valence-corrected chi connectivity index (χ2v) is 5.99. The van der Waals surface area contributed by atoms with E-state index in [9.17, 15) is 0 Å². The van der Waals surface area contributed by atoms with Gasteiger partial charge in [-0.25, -0.2) is 4.68 Å². The second-order valence-electron chi connectivity index (χ2n) is 5.99. The molecule has 0 spiro atoms. The molecule has 0 unspecified atom stereocenters. The molecule has 2 aromatic rings. The van der Waals surface area contributed by atoms with Crippen LogP contribution in [0.25, 0.3) is 5.69 Å². The van der Waals surface area contributed by atoms with Crippen molar-refractivity contribution in [1.82, 2.24) is 20.3 Å². The lowest BCUT2D eigenvalue weighted by molar-refractivity contribution is 0.538. The van der Waals surface area contributed by atoms with Crippen LogP contribution >= 0.6 is 0 Å². The van der Waals surface area contributed by atoms with Crippen LogP contribution in [0.15, 0.2) is 30.5 Å². The largest absolute Gasteiger partial charge is 0.314 e. The van der Waals surface area contributed by atoms with Crippen LogP contribution in [0, 0.1) is 5.92 Å². The molecular weight excluding hydrogens is 260 g/mol. The topological polar surface area (TPSA) is 42.7 Å². The van der Waals surface area contributed by atoms with Gasteiger partial charge in [0, 0.05) is 6.54 Å². The summed E-state index contributed by atoms with van der Waals surface area (Å²) in [6, 6.07) is 8.64. The van der Waals surface area contributed by atoms with Gasteiger partial charge < -0.3 is 5.32 Å². The van der Waals surface area contributed by atoms with Crippen molar-refractivity contribution < 1.29 is 0 Å². The lowest BCUT2D eigenvalue weighted by atomic mass is 10.0. The zero-order chi connectivity index (χ0) is 15.1. The summed E-state index contributed by atoms with van der Waals surface area (Å²) in [6.07, 6.45) is 7.04. The predicted molar refractivity (Wildman–Crippen MR) is 86.5 cm³/mol. The van der Waals surface area contributed by atoms with Gasteiger partial charge in [-0.1, -0.05) is 44.0 Å². The first-order valence-electron chi connectivity index (χ1n) is 7.84. The number of aryl methyl sites for hydroxylation is 1. The predicted octanol–water partition coefficient (Wildman–Crippen LogP) is 3.36. The maximum Gasteiger partial charge on any atom is 0.0969 e. The Morgan fingerprint density at radius 1 is 1.14 bits per heavy atom. The summed E-state index contributed by atoms with van der Waals surface area (Å²) < 4.78 is 1.83. The van der Waals surface area contributed by atoms with Crippen molar-refractivity contribution >= 4 is 0 Å². The molecule has 0 aliphatic heterocycles. The van der Waals surface area contributed by atoms with Crippen molar-refractivity contribution in [2.75, 3.05) is 7.05 Å². The zero-order valence-electron chi connectivity index (χ0n) is 13.3. The summed E-state index contributed by atoms with van der Waals surface area (Å²) in [4.78, 5) is 0. The number of aromatic nitrogens is 3. The van der Waals surface area contributed by atoms with Gasteiger partial charge in [0.25, 0.3) is 0 Å². The highest BCUT2D eigenvalue weighted by atomic mass is 15.4. The summed E-state index contributed by atoms with van der Waals surface area (Å²) >= 11 is 0. The summed E-state index contributed by atoms with van der Waals surface area (Å²) in [5.41, 5.74) is 3.42. The second kappa shape index (κ2) is 7.93. The Bertz CT molecular complexity index is 528. The third-order valence-corrected chi connectivity index (χ3v) is 3.60. The molecule has 114 valence electrons. The van der Waals surface area contributed by atoms with E-state index < -0.39 is 0 Å². The van der Waals surface area contributed by atoms with Gasteiger partial charge in [0.15, 0.2) is 0 Å². The third-order valence-electron chi connectivity index (χ3n) is 3.60. The first-order chi connectivity index (χ1) is 10.2. The Hall–Kier alpha value is -1.68. The molecule has 21 heavy (non-hydrogen) atoms. The molecule has 0 saturated heterocycles. The summed E-state index contributed by atoms with van der Waals surface area (Å²) in [7, 11) is 1.91. The van der Waals surface area contributed by atoms with Gasteiger partial charge in [-0.3, -0.25) is 0 Å². The minimum atomic E-state index is 0.744. The molecule has 0 aliphatic rings. The highest BCUT2D eigenvalue weighted by Gasteiger charge is 2.02. The fourth-order valence-electron chi connectivity index (χ4n) is 2.38. The van der Waals surface area contributed by atoms with E-state index in [1.807, 2.05) is 17.9 Å². The van der Waals surface area contributed by atoms with Crippen molar-refractivity contribution in [1.29, 1.82) is 0 Å². The third kappa shape index (κ3) is 4.97. The minimum Gasteiger partial charge on any atom is -0.314 e. The van der Waals surface area contributed by atoms with E-state index in [0.29, 0.717) is 0 Å². The van der Waals surface area contributed by atoms with E-state index in [-0.39, 0.29) is 0 Å². The van der Waals surface area contributed by atoms with Crippen LogP contribution < -0.4 is 5.32 Å². The van der Waals surface area contributed by atoms with Crippen LogP contribution in [0.3, 0.4) is 0 Å². The van der Waals surface area contributed by atoms with E-state index in [1.54, 1.807) is 0 Å². The minimum absolute atomic E-state index is 0.744. The van der Waals surface area contributed by atoms with E-state index in [0.717, 1.165) is 30.3 Å². The van der Waals surface area contributed by atoms with Crippen LogP contribution in [0.2, 0.25) is 0 Å². The number of rotatable bonds is 8. The van der Waals surface area contributed by atoms with Gasteiger partial charge in [0.05, 0.1) is 17.6 Å². The molecule has 0 radical (unpaired) electrons. The lowest BCUT2D eigenvalue weighted by Gasteiger charge is -2.05. The highest BCUT2D eigenvalue weighted by molar-refractivity contribution is 5.33. The van der Waals surface area contributed by atoms with Crippen LogP contribution in [0.5, 0.6) is 0 Å². The summed E-state index contributed by atoms with van der Waals surface area (Å²) in [5, 5.41) is 11.4. The first-order valence-corrected chi connectivity index (χ1v) is 7.84. The average molecular weight is 286 g/mol. The highest BCUT2D eigenvalue weighted by Crippen LogP contribution is 2.13. The Kier molecular flexibility index (Phi) is 5.93.